The van der Waals surface area contributed by atoms with Crippen molar-refractivity contribution in [2.45, 2.75) is 6.92 Å². The quantitative estimate of drug-likeness (QED) is 0.783. The van der Waals surface area contributed by atoms with Crippen molar-refractivity contribution < 1.29 is 4.42 Å². The molecule has 0 unspecified atom stereocenters. The van der Waals surface area contributed by atoms with Crippen LogP contribution >= 0.6 is 11.6 Å². The van der Waals surface area contributed by atoms with Crippen LogP contribution in [0.25, 0.3) is 11.6 Å². The molecule has 0 saturated heterocycles. The summed E-state index contributed by atoms with van der Waals surface area (Å²) < 4.78 is 5.29. The summed E-state index contributed by atoms with van der Waals surface area (Å²) in [7, 11) is 0. The Hall–Kier alpha value is -1.55. The third-order valence-corrected chi connectivity index (χ3v) is 1.97. The number of nitrogen functional groups attached to an aromatic ring is 1. The van der Waals surface area contributed by atoms with Gasteiger partial charge >= 0.3 is 0 Å². The van der Waals surface area contributed by atoms with Gasteiger partial charge in [0.2, 0.25) is 5.89 Å². The molecule has 0 aliphatic rings. The number of aromatic nitrogens is 2. The molecule has 14 heavy (non-hydrogen) atoms. The number of hydrogen-bond acceptors (Lipinski definition) is 4. The molecule has 0 spiro atoms. The largest absolute Gasteiger partial charge is 0.440 e. The fourth-order valence-corrected chi connectivity index (χ4v) is 1.33. The molecule has 2 aromatic rings. The van der Waals surface area contributed by atoms with E-state index in [0.717, 1.165) is 5.76 Å². The van der Waals surface area contributed by atoms with Crippen molar-refractivity contribution in [2.24, 2.45) is 0 Å². The molecule has 0 amide bonds. The van der Waals surface area contributed by atoms with E-state index in [1.165, 1.54) is 6.20 Å². The molecule has 4 nitrogen and oxygen atoms in total. The predicted octanol–water partition coefficient (Wildman–Crippen LogP) is 2.28. The highest BCUT2D eigenvalue weighted by molar-refractivity contribution is 6.33. The fraction of sp³-hybridized carbons (Fsp3) is 0.111. The van der Waals surface area contributed by atoms with Crippen molar-refractivity contribution in [1.82, 2.24) is 9.97 Å². The molecule has 72 valence electrons. The molecule has 2 aromatic heterocycles. The summed E-state index contributed by atoms with van der Waals surface area (Å²) in [6.45, 7) is 1.81. The number of nitrogens with two attached hydrogens (primary N) is 1. The first-order valence-electron chi connectivity index (χ1n) is 4.00. The molecule has 0 radical (unpaired) electrons. The molecule has 0 aromatic carbocycles. The average Bonchev–Trinajstić information content (AvgIpc) is 2.51. The number of aryl methyl sites for hydroxylation is 1. The second-order valence-corrected chi connectivity index (χ2v) is 3.28. The van der Waals surface area contributed by atoms with Gasteiger partial charge in [0.15, 0.2) is 0 Å². The maximum absolute atomic E-state index is 5.93. The van der Waals surface area contributed by atoms with Crippen LogP contribution in [0, 0.1) is 6.92 Å². The SMILES string of the molecule is Cc1cnc(-c2ncc(N)cc2Cl)o1. The Morgan fingerprint density at radius 3 is 2.71 bits per heavy atom. The maximum Gasteiger partial charge on any atom is 0.246 e. The first-order chi connectivity index (χ1) is 6.66. The Kier molecular flexibility index (Phi) is 2.13. The normalized spacial score (nSPS) is 10.4. The van der Waals surface area contributed by atoms with Gasteiger partial charge in [-0.05, 0) is 13.0 Å². The zero-order chi connectivity index (χ0) is 10.1. The summed E-state index contributed by atoms with van der Waals surface area (Å²) in [6.07, 6.45) is 3.13. The molecule has 0 aliphatic heterocycles. The van der Waals surface area contributed by atoms with Gasteiger partial charge in [-0.1, -0.05) is 11.6 Å². The van der Waals surface area contributed by atoms with Crippen molar-refractivity contribution in [3.63, 3.8) is 0 Å². The summed E-state index contributed by atoms with van der Waals surface area (Å²) in [5.74, 6) is 1.13. The highest BCUT2D eigenvalue weighted by Gasteiger charge is 2.10. The van der Waals surface area contributed by atoms with Gasteiger partial charge < -0.3 is 10.2 Å². The lowest BCUT2D eigenvalue weighted by atomic mass is 10.3. The minimum atomic E-state index is 0.410. The molecule has 0 aliphatic carbocycles. The Morgan fingerprint density at radius 2 is 2.14 bits per heavy atom. The minimum Gasteiger partial charge on any atom is -0.440 e. The molecule has 2 rings (SSSR count). The van der Waals surface area contributed by atoms with E-state index in [0.29, 0.717) is 22.3 Å². The second-order valence-electron chi connectivity index (χ2n) is 2.88. The summed E-state index contributed by atoms with van der Waals surface area (Å²) >= 11 is 5.93. The monoisotopic (exact) mass is 209 g/mol. The zero-order valence-electron chi connectivity index (χ0n) is 7.49. The smallest absolute Gasteiger partial charge is 0.246 e. The van der Waals surface area contributed by atoms with Crippen LogP contribution in [0.15, 0.2) is 22.9 Å². The van der Waals surface area contributed by atoms with Gasteiger partial charge in [0.05, 0.1) is 23.1 Å². The van der Waals surface area contributed by atoms with E-state index >= 15 is 0 Å². The maximum atomic E-state index is 5.93. The number of anilines is 1. The molecule has 5 heteroatoms. The summed E-state index contributed by atoms with van der Waals surface area (Å²) in [5.41, 5.74) is 6.54. The molecule has 2 heterocycles. The first-order valence-corrected chi connectivity index (χ1v) is 4.38. The standard InChI is InChI=1S/C9H8ClN3O/c1-5-3-13-9(14-5)8-7(10)2-6(11)4-12-8/h2-4H,11H2,1H3. The van der Waals surface area contributed by atoms with E-state index in [2.05, 4.69) is 9.97 Å². The van der Waals surface area contributed by atoms with Crippen LogP contribution in [0.2, 0.25) is 5.02 Å². The second kappa shape index (κ2) is 3.31. The van der Waals surface area contributed by atoms with Gasteiger partial charge in [-0.15, -0.1) is 0 Å². The molecule has 0 bridgehead atoms. The highest BCUT2D eigenvalue weighted by atomic mass is 35.5. The van der Waals surface area contributed by atoms with Gasteiger partial charge in [-0.2, -0.15) is 0 Å². The Morgan fingerprint density at radius 1 is 1.36 bits per heavy atom. The Labute approximate surface area is 85.7 Å². The highest BCUT2D eigenvalue weighted by Crippen LogP contribution is 2.26. The van der Waals surface area contributed by atoms with Crippen LogP contribution in [-0.4, -0.2) is 9.97 Å². The van der Waals surface area contributed by atoms with E-state index in [1.807, 2.05) is 6.92 Å². The summed E-state index contributed by atoms with van der Waals surface area (Å²) in [6, 6.07) is 1.61. The molecule has 2 N–H and O–H groups in total. The summed E-state index contributed by atoms with van der Waals surface area (Å²) in [4.78, 5) is 8.07. The topological polar surface area (TPSA) is 64.9 Å². The number of oxazole rings is 1. The van der Waals surface area contributed by atoms with Gasteiger partial charge in [0.25, 0.3) is 0 Å². The Balaban J connectivity index is 2.52. The van der Waals surface area contributed by atoms with Gasteiger partial charge in [0.1, 0.15) is 11.5 Å². The number of halogens is 1. The third-order valence-electron chi connectivity index (χ3n) is 1.69. The third kappa shape index (κ3) is 1.56. The lowest BCUT2D eigenvalue weighted by Crippen LogP contribution is -1.90. The van der Waals surface area contributed by atoms with Crippen molar-refractivity contribution in [3.8, 4) is 11.6 Å². The van der Waals surface area contributed by atoms with Gasteiger partial charge in [-0.3, -0.25) is 0 Å². The van der Waals surface area contributed by atoms with Crippen LogP contribution in [0.3, 0.4) is 0 Å². The van der Waals surface area contributed by atoms with Crippen LogP contribution in [0.5, 0.6) is 0 Å². The molecule has 0 fully saturated rings. The molecule has 0 saturated carbocycles. The average molecular weight is 210 g/mol. The van der Waals surface area contributed by atoms with E-state index in [1.54, 1.807) is 12.3 Å². The Bertz CT molecular complexity index is 467. The van der Waals surface area contributed by atoms with Crippen LogP contribution < -0.4 is 5.73 Å². The van der Waals surface area contributed by atoms with E-state index in [9.17, 15) is 0 Å². The van der Waals surface area contributed by atoms with E-state index < -0.39 is 0 Å². The molecular formula is C9H8ClN3O. The number of hydrogen-bond donors (Lipinski definition) is 1. The number of nitrogens with zero attached hydrogens (tertiary/aromatic N) is 2. The van der Waals surface area contributed by atoms with Crippen molar-refractivity contribution in [3.05, 3.63) is 29.2 Å². The van der Waals surface area contributed by atoms with E-state index in [4.69, 9.17) is 21.8 Å². The van der Waals surface area contributed by atoms with Crippen LogP contribution in [0.4, 0.5) is 5.69 Å². The number of rotatable bonds is 1. The first kappa shape index (κ1) is 9.02. The summed E-state index contributed by atoms with van der Waals surface area (Å²) in [5, 5.41) is 0.437. The van der Waals surface area contributed by atoms with Gasteiger partial charge in [-0.25, -0.2) is 9.97 Å². The van der Waals surface area contributed by atoms with Crippen molar-refractivity contribution >= 4 is 17.3 Å². The lowest BCUT2D eigenvalue weighted by molar-refractivity contribution is 0.540. The van der Waals surface area contributed by atoms with Crippen LogP contribution in [-0.2, 0) is 0 Å². The van der Waals surface area contributed by atoms with Crippen molar-refractivity contribution in [2.75, 3.05) is 5.73 Å². The number of pyridine rings is 1. The van der Waals surface area contributed by atoms with Crippen LogP contribution in [0.1, 0.15) is 5.76 Å². The molecule has 0 atom stereocenters. The fourth-order valence-electron chi connectivity index (χ4n) is 1.07. The lowest BCUT2D eigenvalue weighted by Gasteiger charge is -1.99. The predicted molar refractivity (Wildman–Crippen MR) is 53.9 cm³/mol. The minimum absolute atomic E-state index is 0.410. The van der Waals surface area contributed by atoms with E-state index in [-0.39, 0.29) is 0 Å². The van der Waals surface area contributed by atoms with Crippen molar-refractivity contribution in [1.29, 1.82) is 0 Å². The zero-order valence-corrected chi connectivity index (χ0v) is 8.25. The molecular weight excluding hydrogens is 202 g/mol. The van der Waals surface area contributed by atoms with Gasteiger partial charge in [0, 0.05) is 0 Å².